The second-order valence-corrected chi connectivity index (χ2v) is 6.59. The molecule has 2 aromatic rings. The lowest BCUT2D eigenvalue weighted by molar-refractivity contribution is -0.133. The topological polar surface area (TPSA) is 151 Å². The highest BCUT2D eigenvalue weighted by Crippen LogP contribution is 2.15. The Kier molecular flexibility index (Phi) is 11.4. The number of aliphatic hydroxyl groups excluding tert-OH is 1. The van der Waals surface area contributed by atoms with Crippen molar-refractivity contribution in [2.75, 3.05) is 13.2 Å². The highest BCUT2D eigenvalue weighted by Gasteiger charge is 2.20. The zero-order valence-corrected chi connectivity index (χ0v) is 17.0. The monoisotopic (exact) mass is 426 g/mol. The van der Waals surface area contributed by atoms with Crippen LogP contribution in [0.25, 0.3) is 0 Å². The lowest BCUT2D eigenvalue weighted by atomic mass is 9.83. The van der Waals surface area contributed by atoms with Crippen LogP contribution in [-0.2, 0) is 17.9 Å². The van der Waals surface area contributed by atoms with Gasteiger partial charge in [-0.2, -0.15) is 0 Å². The van der Waals surface area contributed by atoms with Crippen LogP contribution in [-0.4, -0.2) is 66.4 Å². The van der Waals surface area contributed by atoms with Crippen LogP contribution in [0, 0.1) is 0 Å². The second-order valence-electron chi connectivity index (χ2n) is 6.59. The Morgan fingerprint density at radius 3 is 2.62 bits per heavy atom. The fraction of sp³-hybridized carbons (Fsp3) is 0.529. The van der Waals surface area contributed by atoms with E-state index in [9.17, 15) is 9.90 Å². The summed E-state index contributed by atoms with van der Waals surface area (Å²) in [4.78, 5) is 14.3. The first kappa shape index (κ1) is 25.0. The predicted octanol–water partition coefficient (Wildman–Crippen LogP) is -0.241. The number of unbranched alkanes of at least 4 members (excludes halogenated alkanes) is 1. The Balaban J connectivity index is 0.00000420. The Labute approximate surface area is 176 Å². The third-order valence-corrected chi connectivity index (χ3v) is 4.34. The summed E-state index contributed by atoms with van der Waals surface area (Å²) in [6.07, 6.45) is 2.15. The van der Waals surface area contributed by atoms with Gasteiger partial charge in [-0.1, -0.05) is 43.2 Å². The van der Waals surface area contributed by atoms with Crippen molar-refractivity contribution in [3.8, 4) is 0 Å². The van der Waals surface area contributed by atoms with Gasteiger partial charge in [0.05, 0.1) is 12.6 Å². The van der Waals surface area contributed by atoms with E-state index in [2.05, 4.69) is 15.5 Å². The average Bonchev–Trinajstić information content (AvgIpc) is 3.13. The lowest BCUT2D eigenvalue weighted by Gasteiger charge is -2.22. The number of hydrogen-bond donors (Lipinski definition) is 4. The molecule has 1 aromatic heterocycles. The average molecular weight is 427 g/mol. The van der Waals surface area contributed by atoms with Gasteiger partial charge in [0.25, 0.3) is 0 Å². The Morgan fingerprint density at radius 2 is 1.97 bits per heavy atom. The van der Waals surface area contributed by atoms with Crippen molar-refractivity contribution < 1.29 is 19.9 Å². The molecule has 1 aromatic carbocycles. The smallest absolute Gasteiger partial charge is 0.427 e. The van der Waals surface area contributed by atoms with Crippen LogP contribution >= 0.6 is 12.4 Å². The predicted molar refractivity (Wildman–Crippen MR) is 110 cm³/mol. The molecule has 1 atom stereocenters. The summed E-state index contributed by atoms with van der Waals surface area (Å²) in [5.74, 6) is 0.184. The molecule has 5 N–H and O–H groups in total. The fourth-order valence-electron chi connectivity index (χ4n) is 2.85. The minimum absolute atomic E-state index is 0. The summed E-state index contributed by atoms with van der Waals surface area (Å²) in [6, 6.07) is 9.06. The van der Waals surface area contributed by atoms with E-state index in [4.69, 9.17) is 15.8 Å². The van der Waals surface area contributed by atoms with E-state index in [-0.39, 0.29) is 44.3 Å². The van der Waals surface area contributed by atoms with Gasteiger partial charge in [-0.25, -0.2) is 4.68 Å². The SMILES string of the molecule is Cl.NC(CCCCB(O)O)c1nnnn1CC(=O)N(CCO)Cc1ccccc1. The molecule has 1 heterocycles. The van der Waals surface area contributed by atoms with E-state index in [0.29, 0.717) is 31.6 Å². The first-order chi connectivity index (χ1) is 13.5. The largest absolute Gasteiger partial charge is 0.451 e. The van der Waals surface area contributed by atoms with Crippen LogP contribution < -0.4 is 5.73 Å². The summed E-state index contributed by atoms with van der Waals surface area (Å²) in [7, 11) is -1.32. The molecule has 0 aliphatic heterocycles. The number of aliphatic hydroxyl groups is 1. The van der Waals surface area contributed by atoms with Gasteiger partial charge in [-0.05, 0) is 28.7 Å². The van der Waals surface area contributed by atoms with Crippen LogP contribution in [0.15, 0.2) is 30.3 Å². The number of halogens is 1. The summed E-state index contributed by atoms with van der Waals surface area (Å²) in [6.45, 7) is 0.378. The molecule has 0 spiro atoms. The molecule has 0 saturated heterocycles. The molecule has 160 valence electrons. The van der Waals surface area contributed by atoms with Crippen LogP contribution in [0.5, 0.6) is 0 Å². The van der Waals surface area contributed by atoms with Gasteiger partial charge < -0.3 is 25.8 Å². The number of aromatic nitrogens is 4. The van der Waals surface area contributed by atoms with Gasteiger partial charge in [0.15, 0.2) is 5.82 Å². The van der Waals surface area contributed by atoms with E-state index >= 15 is 0 Å². The fourth-order valence-corrected chi connectivity index (χ4v) is 2.85. The normalized spacial score (nSPS) is 11.6. The molecule has 10 nitrogen and oxygen atoms in total. The molecule has 1 amide bonds. The quantitative estimate of drug-likeness (QED) is 0.268. The molecule has 29 heavy (non-hydrogen) atoms. The number of amides is 1. The molecule has 0 radical (unpaired) electrons. The summed E-state index contributed by atoms with van der Waals surface area (Å²) < 4.78 is 1.38. The zero-order valence-electron chi connectivity index (χ0n) is 16.2. The van der Waals surface area contributed by atoms with Gasteiger partial charge in [0, 0.05) is 13.1 Å². The van der Waals surface area contributed by atoms with Gasteiger partial charge >= 0.3 is 7.12 Å². The Hall–Kier alpha value is -2.05. The van der Waals surface area contributed by atoms with Gasteiger partial charge in [-0.3, -0.25) is 4.79 Å². The highest BCUT2D eigenvalue weighted by molar-refractivity contribution is 6.40. The number of carbonyl (C=O) groups is 1. The number of carbonyl (C=O) groups excluding carboxylic acids is 1. The number of rotatable bonds is 12. The van der Waals surface area contributed by atoms with Crippen molar-refractivity contribution in [1.29, 1.82) is 0 Å². The van der Waals surface area contributed by atoms with E-state index < -0.39 is 13.2 Å². The Bertz CT molecular complexity index is 721. The van der Waals surface area contributed by atoms with Crippen LogP contribution in [0.1, 0.15) is 36.7 Å². The highest BCUT2D eigenvalue weighted by atomic mass is 35.5. The third-order valence-electron chi connectivity index (χ3n) is 4.34. The van der Waals surface area contributed by atoms with E-state index in [1.807, 2.05) is 30.3 Å². The van der Waals surface area contributed by atoms with Gasteiger partial charge in [-0.15, -0.1) is 17.5 Å². The van der Waals surface area contributed by atoms with Gasteiger partial charge in [0.1, 0.15) is 6.54 Å². The Morgan fingerprint density at radius 1 is 1.24 bits per heavy atom. The number of benzene rings is 1. The van der Waals surface area contributed by atoms with E-state index in [0.717, 1.165) is 5.56 Å². The standard InChI is InChI=1S/C17H27BN6O4.ClH/c19-15(8-4-5-9-18(27)28)17-20-21-22-24(17)13-16(26)23(10-11-25)12-14-6-2-1-3-7-14;/h1-3,6-7,15,25,27-28H,4-5,8-13,19H2;1H. The van der Waals surface area contributed by atoms with Crippen molar-refractivity contribution in [3.63, 3.8) is 0 Å². The van der Waals surface area contributed by atoms with Crippen LogP contribution in [0.4, 0.5) is 0 Å². The van der Waals surface area contributed by atoms with E-state index in [1.165, 1.54) is 4.68 Å². The molecule has 0 saturated carbocycles. The first-order valence-corrected chi connectivity index (χ1v) is 9.31. The third kappa shape index (κ3) is 8.46. The van der Waals surface area contributed by atoms with E-state index in [1.54, 1.807) is 4.90 Å². The molecular weight excluding hydrogens is 398 g/mol. The van der Waals surface area contributed by atoms with Crippen LogP contribution in [0.3, 0.4) is 0 Å². The van der Waals surface area contributed by atoms with Crippen molar-refractivity contribution >= 4 is 25.4 Å². The maximum atomic E-state index is 12.7. The summed E-state index contributed by atoms with van der Waals surface area (Å²) in [5.41, 5.74) is 7.10. The van der Waals surface area contributed by atoms with Crippen molar-refractivity contribution in [3.05, 3.63) is 41.7 Å². The zero-order chi connectivity index (χ0) is 20.4. The second kappa shape index (κ2) is 13.2. The first-order valence-electron chi connectivity index (χ1n) is 9.31. The molecule has 0 aliphatic rings. The number of nitrogens with two attached hydrogens (primary N) is 1. The molecule has 12 heteroatoms. The molecule has 1 unspecified atom stereocenters. The molecule has 0 aliphatic carbocycles. The maximum absolute atomic E-state index is 12.7. The minimum atomic E-state index is -1.32. The molecule has 0 bridgehead atoms. The molecular formula is C17H28BClN6O4. The number of nitrogens with zero attached hydrogens (tertiary/aromatic N) is 5. The van der Waals surface area contributed by atoms with Gasteiger partial charge in [0.2, 0.25) is 5.91 Å². The van der Waals surface area contributed by atoms with Crippen LogP contribution in [0.2, 0.25) is 6.32 Å². The maximum Gasteiger partial charge on any atom is 0.451 e. The minimum Gasteiger partial charge on any atom is -0.427 e. The lowest BCUT2D eigenvalue weighted by Crippen LogP contribution is -2.36. The molecule has 2 rings (SSSR count). The summed E-state index contributed by atoms with van der Waals surface area (Å²) >= 11 is 0. The number of tetrazole rings is 1. The number of hydrogen-bond acceptors (Lipinski definition) is 8. The summed E-state index contributed by atoms with van der Waals surface area (Å²) in [5, 5.41) is 38.5. The van der Waals surface area contributed by atoms with Crippen molar-refractivity contribution in [2.45, 2.75) is 44.7 Å². The van der Waals surface area contributed by atoms with Crippen molar-refractivity contribution in [1.82, 2.24) is 25.1 Å². The van der Waals surface area contributed by atoms with Crippen molar-refractivity contribution in [2.24, 2.45) is 5.73 Å². The molecule has 0 fully saturated rings.